The molecular weight excluding hydrogens is 969 g/mol. The van der Waals surface area contributed by atoms with Crippen molar-refractivity contribution in [1.29, 1.82) is 0 Å². The van der Waals surface area contributed by atoms with Crippen LogP contribution in [-0.2, 0) is 45.9 Å². The van der Waals surface area contributed by atoms with E-state index in [1.165, 1.54) is 218 Å². The Morgan fingerprint density at radius 2 is 0.521 bits per heavy atom. The van der Waals surface area contributed by atoms with Crippen LogP contribution in [0.25, 0.3) is 21.5 Å². The third-order valence-electron chi connectivity index (χ3n) is 15.0. The van der Waals surface area contributed by atoms with Gasteiger partial charge >= 0.3 is 37.7 Å². The topological polar surface area (TPSA) is 114 Å². The van der Waals surface area contributed by atoms with Crippen molar-refractivity contribution in [3.8, 4) is 0 Å². The number of unbranched alkanes of at least 4 members (excludes halogenated alkanes) is 32. The van der Waals surface area contributed by atoms with E-state index in [0.29, 0.717) is 10.8 Å². The molecule has 0 amide bonds. The van der Waals surface area contributed by atoms with Crippen LogP contribution in [0.4, 0.5) is 0 Å². The second-order valence-electron chi connectivity index (χ2n) is 21.4. The number of benzene rings is 4. The van der Waals surface area contributed by atoms with Crippen LogP contribution in [0.15, 0.2) is 70.5 Å². The summed E-state index contributed by atoms with van der Waals surface area (Å²) < 4.78 is 71.8. The molecule has 0 aliphatic heterocycles. The molecule has 4 aromatic carbocycles. The summed E-state index contributed by atoms with van der Waals surface area (Å²) in [4.78, 5) is -0.135. The van der Waals surface area contributed by atoms with Crippen LogP contribution in [0.2, 0.25) is 0 Å². The van der Waals surface area contributed by atoms with E-state index in [0.717, 1.165) is 84.4 Å². The predicted octanol–water partition coefficient (Wildman–Crippen LogP) is 19.4. The Bertz CT molecular complexity index is 2100. The fraction of sp³-hybridized carbons (Fsp3) is 0.688. The van der Waals surface area contributed by atoms with Gasteiger partial charge in [-0.15, -0.1) is 0 Å². The van der Waals surface area contributed by atoms with E-state index < -0.39 is 20.2 Å². The Hall–Kier alpha value is -1.52. The van der Waals surface area contributed by atoms with Crippen LogP contribution in [0.5, 0.6) is 0 Å². The van der Waals surface area contributed by atoms with Gasteiger partial charge in [0, 0.05) is 0 Å². The van der Waals surface area contributed by atoms with E-state index in [4.69, 9.17) is 0 Å². The van der Waals surface area contributed by atoms with Gasteiger partial charge in [0.1, 0.15) is 20.2 Å². The molecule has 0 aromatic heterocycles. The van der Waals surface area contributed by atoms with Crippen molar-refractivity contribution in [2.75, 3.05) is 0 Å². The molecule has 0 aliphatic carbocycles. The maximum Gasteiger partial charge on any atom is 2.00 e. The quantitative estimate of drug-likeness (QED) is 0.0248. The first-order valence-electron chi connectivity index (χ1n) is 29.9. The van der Waals surface area contributed by atoms with Crippen LogP contribution in [0.3, 0.4) is 0 Å². The molecule has 0 saturated carbocycles. The molecule has 4 aromatic rings. The molecule has 73 heavy (non-hydrogen) atoms. The van der Waals surface area contributed by atoms with Gasteiger partial charge in [-0.25, -0.2) is 16.8 Å². The Kier molecular flexibility index (Phi) is 38.5. The number of aryl methyl sites for hydroxylation is 4. The summed E-state index contributed by atoms with van der Waals surface area (Å²) in [6, 6.07) is 19.1. The summed E-state index contributed by atoms with van der Waals surface area (Å²) in [5.74, 6) is 0. The number of fused-ring (bicyclic) bond motifs is 2. The summed E-state index contributed by atoms with van der Waals surface area (Å²) in [6.07, 6.45) is 50.0. The van der Waals surface area contributed by atoms with Gasteiger partial charge in [0.05, 0.1) is 9.79 Å². The number of rotatable bonds is 42. The molecule has 0 saturated heterocycles. The summed E-state index contributed by atoms with van der Waals surface area (Å²) in [5, 5.41) is 3.10. The molecule has 9 heteroatoms. The summed E-state index contributed by atoms with van der Waals surface area (Å²) in [6.45, 7) is 9.01. The molecule has 0 spiro atoms. The SMILES string of the molecule is CCCCCCCCCCCc1ccc2c(CCCCCCCCCCC)ccc(S(=O)(=O)[O-])c2c1.CCCCCCCCCCCc1ccc2c(CCCCCCCCCCC)ccc(S(=O)(=O)[O-])c2c1.[Ca+2]. The maximum absolute atomic E-state index is 12.0. The zero-order chi connectivity index (χ0) is 52.1. The zero-order valence-electron chi connectivity index (χ0n) is 47.0. The molecule has 0 heterocycles. The van der Waals surface area contributed by atoms with Crippen LogP contribution in [0, 0.1) is 0 Å². The van der Waals surface area contributed by atoms with Gasteiger partial charge in [-0.2, -0.15) is 0 Å². The average molecular weight is 1070 g/mol. The van der Waals surface area contributed by atoms with E-state index in [9.17, 15) is 25.9 Å². The average Bonchev–Trinajstić information content (AvgIpc) is 3.36. The third-order valence-corrected chi connectivity index (χ3v) is 16.8. The molecule has 4 rings (SSSR count). The Morgan fingerprint density at radius 3 is 0.767 bits per heavy atom. The first-order valence-corrected chi connectivity index (χ1v) is 32.8. The van der Waals surface area contributed by atoms with Gasteiger partial charge in [0.15, 0.2) is 0 Å². The molecule has 408 valence electrons. The number of hydrogen-bond donors (Lipinski definition) is 0. The number of hydrogen-bond acceptors (Lipinski definition) is 6. The minimum atomic E-state index is -4.50. The third kappa shape index (κ3) is 29.2. The van der Waals surface area contributed by atoms with E-state index >= 15 is 0 Å². The fourth-order valence-electron chi connectivity index (χ4n) is 10.6. The van der Waals surface area contributed by atoms with Crippen molar-refractivity contribution in [2.45, 2.75) is 294 Å². The van der Waals surface area contributed by atoms with E-state index in [1.807, 2.05) is 24.3 Å². The van der Waals surface area contributed by atoms with Crippen LogP contribution in [-0.4, -0.2) is 63.7 Å². The predicted molar refractivity (Wildman–Crippen MR) is 313 cm³/mol. The second-order valence-corrected chi connectivity index (χ2v) is 24.1. The molecule has 0 bridgehead atoms. The molecule has 0 aliphatic rings. The largest absolute Gasteiger partial charge is 2.00 e. The minimum Gasteiger partial charge on any atom is -0.744 e. The Balaban J connectivity index is 0.000000493. The van der Waals surface area contributed by atoms with Gasteiger partial charge in [0.2, 0.25) is 0 Å². The van der Waals surface area contributed by atoms with Crippen molar-refractivity contribution in [3.63, 3.8) is 0 Å². The van der Waals surface area contributed by atoms with Crippen molar-refractivity contribution >= 4 is 79.5 Å². The zero-order valence-corrected chi connectivity index (χ0v) is 50.9. The van der Waals surface area contributed by atoms with Gasteiger partial charge < -0.3 is 9.11 Å². The first kappa shape index (κ1) is 67.6. The summed E-state index contributed by atoms with van der Waals surface area (Å²) in [7, 11) is -9.00. The van der Waals surface area contributed by atoms with Gasteiger partial charge in [-0.3, -0.25) is 0 Å². The van der Waals surface area contributed by atoms with Crippen LogP contribution < -0.4 is 0 Å². The van der Waals surface area contributed by atoms with Crippen molar-refractivity contribution in [3.05, 3.63) is 82.9 Å². The van der Waals surface area contributed by atoms with Crippen LogP contribution >= 0.6 is 0 Å². The second kappa shape index (κ2) is 41.6. The fourth-order valence-corrected chi connectivity index (χ4v) is 11.9. The molecule has 0 unspecified atom stereocenters. The standard InChI is InChI=1S/2C32H52O3S.Ca/c2*1-3-5-7-9-11-13-15-17-19-21-28-23-25-30-29(22-20-18-16-14-12-10-8-6-4-2)24-26-32(31(30)27-28)36(33,34)35;/h2*23-27H,3-22H2,1-2H3,(H,33,34,35);/q;;+2/p-2. The molecule has 0 atom stereocenters. The first-order chi connectivity index (χ1) is 34.9. The smallest absolute Gasteiger partial charge is 0.744 e. The molecule has 0 N–H and O–H groups in total. The van der Waals surface area contributed by atoms with Gasteiger partial charge in [-0.1, -0.05) is 270 Å². The minimum absolute atomic E-state index is 0. The normalized spacial score (nSPS) is 11.8. The molecular formula is C64H102CaO6S2. The Labute approximate surface area is 478 Å². The molecule has 6 nitrogen and oxygen atoms in total. The summed E-state index contributed by atoms with van der Waals surface area (Å²) in [5.41, 5.74) is 4.59. The monoisotopic (exact) mass is 1070 g/mol. The van der Waals surface area contributed by atoms with E-state index in [2.05, 4.69) is 52.0 Å². The van der Waals surface area contributed by atoms with Crippen molar-refractivity contribution in [1.82, 2.24) is 0 Å². The van der Waals surface area contributed by atoms with E-state index in [-0.39, 0.29) is 47.5 Å². The maximum atomic E-state index is 12.0. The van der Waals surface area contributed by atoms with Crippen molar-refractivity contribution in [2.24, 2.45) is 0 Å². The molecule has 0 radical (unpaired) electrons. The van der Waals surface area contributed by atoms with Gasteiger partial charge in [-0.05, 0) is 119 Å². The van der Waals surface area contributed by atoms with Crippen LogP contribution in [0.1, 0.15) is 281 Å². The Morgan fingerprint density at radius 1 is 0.288 bits per heavy atom. The molecule has 0 fully saturated rings. The van der Waals surface area contributed by atoms with Crippen molar-refractivity contribution < 1.29 is 25.9 Å². The van der Waals surface area contributed by atoms with E-state index in [1.54, 1.807) is 0 Å². The van der Waals surface area contributed by atoms with Gasteiger partial charge in [0.25, 0.3) is 0 Å². The summed E-state index contributed by atoms with van der Waals surface area (Å²) >= 11 is 0.